The third kappa shape index (κ3) is 2.43. The summed E-state index contributed by atoms with van der Waals surface area (Å²) in [6.45, 7) is 3.83. The quantitative estimate of drug-likeness (QED) is 0.867. The molecule has 0 saturated heterocycles. The summed E-state index contributed by atoms with van der Waals surface area (Å²) in [6, 6.07) is 7.95. The van der Waals surface area contributed by atoms with Crippen molar-refractivity contribution in [3.8, 4) is 5.75 Å². The van der Waals surface area contributed by atoms with Crippen LogP contribution in [-0.2, 0) is 10.3 Å². The fourth-order valence-electron chi connectivity index (χ4n) is 1.90. The minimum Gasteiger partial charge on any atom is -0.497 e. The number of benzene rings is 1. The number of rotatable bonds is 4. The van der Waals surface area contributed by atoms with E-state index in [0.29, 0.717) is 0 Å². The van der Waals surface area contributed by atoms with Gasteiger partial charge >= 0.3 is 0 Å². The van der Waals surface area contributed by atoms with E-state index in [9.17, 15) is 4.79 Å². The van der Waals surface area contributed by atoms with Gasteiger partial charge in [0.25, 0.3) is 0 Å². The zero-order valence-electron chi connectivity index (χ0n) is 10.6. The minimum atomic E-state index is -0.117. The van der Waals surface area contributed by atoms with E-state index in [1.54, 1.807) is 7.11 Å². The van der Waals surface area contributed by atoms with E-state index in [4.69, 9.17) is 4.74 Å². The standard InChI is InChI=1S/C14H19NO2/c1-10(2)13(16)15-14(8-9-14)11-4-6-12(17-3)7-5-11/h4-7,10H,8-9H2,1-3H3,(H,15,16). The Bertz CT molecular complexity index is 405. The zero-order valence-corrected chi connectivity index (χ0v) is 10.6. The lowest BCUT2D eigenvalue weighted by atomic mass is 10.0. The Kier molecular flexibility index (Phi) is 3.09. The molecule has 0 aliphatic heterocycles. The third-order valence-corrected chi connectivity index (χ3v) is 3.28. The molecule has 17 heavy (non-hydrogen) atoms. The Morgan fingerprint density at radius 3 is 2.29 bits per heavy atom. The van der Waals surface area contributed by atoms with Gasteiger partial charge in [0.15, 0.2) is 0 Å². The number of hydrogen-bond donors (Lipinski definition) is 1. The third-order valence-electron chi connectivity index (χ3n) is 3.28. The SMILES string of the molecule is COc1ccc(C2(NC(=O)C(C)C)CC2)cc1. The van der Waals surface area contributed by atoms with Gasteiger partial charge in [-0.1, -0.05) is 26.0 Å². The first-order valence-corrected chi connectivity index (χ1v) is 6.04. The van der Waals surface area contributed by atoms with Crippen LogP contribution in [-0.4, -0.2) is 13.0 Å². The first kappa shape index (κ1) is 12.0. The Labute approximate surface area is 102 Å². The summed E-state index contributed by atoms with van der Waals surface area (Å²) in [7, 11) is 1.66. The number of hydrogen-bond acceptors (Lipinski definition) is 2. The minimum absolute atomic E-state index is 0.0331. The fraction of sp³-hybridized carbons (Fsp3) is 0.500. The Morgan fingerprint density at radius 1 is 1.29 bits per heavy atom. The van der Waals surface area contributed by atoms with Crippen molar-refractivity contribution in [3.63, 3.8) is 0 Å². The normalized spacial score (nSPS) is 16.7. The molecule has 1 N–H and O–H groups in total. The van der Waals surface area contributed by atoms with E-state index in [1.807, 2.05) is 38.1 Å². The molecule has 1 fully saturated rings. The molecule has 0 aromatic heterocycles. The highest BCUT2D eigenvalue weighted by atomic mass is 16.5. The molecule has 2 rings (SSSR count). The molecule has 1 aliphatic rings. The lowest BCUT2D eigenvalue weighted by molar-refractivity contribution is -0.125. The van der Waals surface area contributed by atoms with Crippen molar-refractivity contribution in [2.75, 3.05) is 7.11 Å². The van der Waals surface area contributed by atoms with Crippen LogP contribution in [0.2, 0.25) is 0 Å². The number of carbonyl (C=O) groups excluding carboxylic acids is 1. The molecule has 1 aromatic rings. The molecule has 1 saturated carbocycles. The molecule has 92 valence electrons. The number of ether oxygens (including phenoxy) is 1. The molecule has 0 unspecified atom stereocenters. The van der Waals surface area contributed by atoms with Gasteiger partial charge in [0, 0.05) is 5.92 Å². The van der Waals surface area contributed by atoms with Gasteiger partial charge in [-0.3, -0.25) is 4.79 Å². The van der Waals surface area contributed by atoms with Crippen LogP contribution in [0.25, 0.3) is 0 Å². The Morgan fingerprint density at radius 2 is 1.88 bits per heavy atom. The van der Waals surface area contributed by atoms with Crippen LogP contribution in [0.5, 0.6) is 5.75 Å². The van der Waals surface area contributed by atoms with E-state index in [-0.39, 0.29) is 17.4 Å². The zero-order chi connectivity index (χ0) is 12.5. The van der Waals surface area contributed by atoms with Crippen LogP contribution in [0, 0.1) is 5.92 Å². The fourth-order valence-corrected chi connectivity index (χ4v) is 1.90. The van der Waals surface area contributed by atoms with Crippen LogP contribution < -0.4 is 10.1 Å². The smallest absolute Gasteiger partial charge is 0.223 e. The summed E-state index contributed by atoms with van der Waals surface area (Å²) in [5, 5.41) is 3.14. The highest BCUT2D eigenvalue weighted by Gasteiger charge is 2.45. The molecule has 1 aliphatic carbocycles. The van der Waals surface area contributed by atoms with Crippen LogP contribution in [0.1, 0.15) is 32.3 Å². The monoisotopic (exact) mass is 233 g/mol. The van der Waals surface area contributed by atoms with Gasteiger partial charge in [0.1, 0.15) is 5.75 Å². The van der Waals surface area contributed by atoms with Gasteiger partial charge in [-0.15, -0.1) is 0 Å². The number of amides is 1. The van der Waals surface area contributed by atoms with E-state index < -0.39 is 0 Å². The van der Waals surface area contributed by atoms with Crippen molar-refractivity contribution >= 4 is 5.91 Å². The predicted molar refractivity (Wildman–Crippen MR) is 66.9 cm³/mol. The summed E-state index contributed by atoms with van der Waals surface area (Å²) in [4.78, 5) is 11.8. The average Bonchev–Trinajstić information content (AvgIpc) is 3.10. The summed E-state index contributed by atoms with van der Waals surface area (Å²) in [5.41, 5.74) is 1.06. The van der Waals surface area contributed by atoms with Gasteiger partial charge in [0.2, 0.25) is 5.91 Å². The molecule has 1 aromatic carbocycles. The second-order valence-corrected chi connectivity index (χ2v) is 4.95. The maximum atomic E-state index is 11.8. The van der Waals surface area contributed by atoms with Gasteiger partial charge in [-0.2, -0.15) is 0 Å². The first-order valence-electron chi connectivity index (χ1n) is 6.04. The molecule has 3 nitrogen and oxygen atoms in total. The van der Waals surface area contributed by atoms with Crippen LogP contribution in [0.4, 0.5) is 0 Å². The van der Waals surface area contributed by atoms with Crippen LogP contribution in [0.15, 0.2) is 24.3 Å². The summed E-state index contributed by atoms with van der Waals surface area (Å²) in [6.07, 6.45) is 2.05. The van der Waals surface area contributed by atoms with Gasteiger partial charge in [-0.25, -0.2) is 0 Å². The number of carbonyl (C=O) groups is 1. The van der Waals surface area contributed by atoms with E-state index in [1.165, 1.54) is 5.56 Å². The number of nitrogens with one attached hydrogen (secondary N) is 1. The highest BCUT2D eigenvalue weighted by molar-refractivity contribution is 5.79. The van der Waals surface area contributed by atoms with Gasteiger partial charge in [-0.05, 0) is 30.5 Å². The maximum absolute atomic E-state index is 11.8. The molecular weight excluding hydrogens is 214 g/mol. The Balaban J connectivity index is 2.12. The topological polar surface area (TPSA) is 38.3 Å². The largest absolute Gasteiger partial charge is 0.497 e. The molecule has 0 radical (unpaired) electrons. The molecule has 0 bridgehead atoms. The summed E-state index contributed by atoms with van der Waals surface area (Å²) < 4.78 is 5.13. The molecular formula is C14H19NO2. The van der Waals surface area contributed by atoms with Crippen molar-refractivity contribution < 1.29 is 9.53 Å². The summed E-state index contributed by atoms with van der Waals surface area (Å²) >= 11 is 0. The van der Waals surface area contributed by atoms with E-state index in [2.05, 4.69) is 5.32 Å². The van der Waals surface area contributed by atoms with E-state index in [0.717, 1.165) is 18.6 Å². The first-order chi connectivity index (χ1) is 8.07. The highest BCUT2D eigenvalue weighted by Crippen LogP contribution is 2.45. The van der Waals surface area contributed by atoms with Crippen molar-refractivity contribution in [1.82, 2.24) is 5.32 Å². The van der Waals surface area contributed by atoms with Crippen LogP contribution in [0.3, 0.4) is 0 Å². The lowest BCUT2D eigenvalue weighted by Gasteiger charge is -2.19. The second kappa shape index (κ2) is 4.40. The van der Waals surface area contributed by atoms with E-state index >= 15 is 0 Å². The molecule has 0 heterocycles. The van der Waals surface area contributed by atoms with Crippen molar-refractivity contribution in [2.24, 2.45) is 5.92 Å². The van der Waals surface area contributed by atoms with Gasteiger partial charge in [0.05, 0.1) is 12.6 Å². The van der Waals surface area contributed by atoms with Crippen LogP contribution >= 0.6 is 0 Å². The average molecular weight is 233 g/mol. The van der Waals surface area contributed by atoms with Crippen molar-refractivity contribution in [3.05, 3.63) is 29.8 Å². The Hall–Kier alpha value is -1.51. The molecule has 3 heteroatoms. The van der Waals surface area contributed by atoms with Crippen molar-refractivity contribution in [1.29, 1.82) is 0 Å². The predicted octanol–water partition coefficient (Wildman–Crippen LogP) is 2.46. The number of methoxy groups -OCH3 is 1. The molecule has 1 amide bonds. The lowest BCUT2D eigenvalue weighted by Crippen LogP contribution is -2.37. The van der Waals surface area contributed by atoms with Gasteiger partial charge < -0.3 is 10.1 Å². The maximum Gasteiger partial charge on any atom is 0.223 e. The summed E-state index contributed by atoms with van der Waals surface area (Å²) in [5.74, 6) is 1.00. The molecule has 0 atom stereocenters. The second-order valence-electron chi connectivity index (χ2n) is 4.95. The molecule has 0 spiro atoms. The van der Waals surface area contributed by atoms with Crippen molar-refractivity contribution in [2.45, 2.75) is 32.2 Å².